The van der Waals surface area contributed by atoms with Crippen LogP contribution in [0.4, 0.5) is 17.6 Å². The maximum absolute atomic E-state index is 13.7. The van der Waals surface area contributed by atoms with Gasteiger partial charge in [-0.3, -0.25) is 14.5 Å². The van der Waals surface area contributed by atoms with Gasteiger partial charge >= 0.3 is 0 Å². The molecule has 0 bridgehead atoms. The van der Waals surface area contributed by atoms with Crippen LogP contribution in [0.2, 0.25) is 0 Å². The monoisotopic (exact) mass is 337 g/mol. The maximum atomic E-state index is 13.7. The molecule has 7 heteroatoms. The van der Waals surface area contributed by atoms with Crippen LogP contribution in [0, 0.1) is 23.3 Å². The average Bonchev–Trinajstić information content (AvgIpc) is 2.83. The predicted octanol–water partition coefficient (Wildman–Crippen LogP) is 3.47. The van der Waals surface area contributed by atoms with Gasteiger partial charge in [0.25, 0.3) is 11.8 Å². The van der Waals surface area contributed by atoms with E-state index in [4.69, 9.17) is 0 Å². The van der Waals surface area contributed by atoms with E-state index in [1.54, 1.807) is 0 Å². The molecule has 2 aromatic rings. The molecule has 0 unspecified atom stereocenters. The van der Waals surface area contributed by atoms with E-state index in [1.165, 1.54) is 0 Å². The number of carbonyl (C=O) groups excluding carboxylic acids is 2. The van der Waals surface area contributed by atoms with Crippen LogP contribution in [-0.2, 0) is 6.42 Å². The van der Waals surface area contributed by atoms with Crippen LogP contribution in [0.25, 0.3) is 0 Å². The maximum Gasteiger partial charge on any atom is 0.264 e. The first kappa shape index (κ1) is 16.2. The summed E-state index contributed by atoms with van der Waals surface area (Å²) in [4.78, 5) is 24.8. The normalized spacial score (nSPS) is 13.6. The van der Waals surface area contributed by atoms with Crippen LogP contribution in [-0.4, -0.2) is 23.3 Å². The summed E-state index contributed by atoms with van der Waals surface area (Å²) < 4.78 is 54.0. The lowest BCUT2D eigenvalue weighted by Gasteiger charge is -2.13. The van der Waals surface area contributed by atoms with E-state index in [9.17, 15) is 27.2 Å². The first-order valence-corrected chi connectivity index (χ1v) is 7.19. The lowest BCUT2D eigenvalue weighted by Crippen LogP contribution is -2.31. The first-order chi connectivity index (χ1) is 11.4. The van der Waals surface area contributed by atoms with Crippen molar-refractivity contribution in [3.05, 3.63) is 70.3 Å². The van der Waals surface area contributed by atoms with E-state index >= 15 is 0 Å². The standard InChI is InChI=1S/C17H11F4NO2/c18-12-10-11(13(19)15(21)14(12)20)17(24)22(16(10)23)8-4-7-9-5-2-1-3-6-9/h1-3,5-6H,4,7-8H2. The number of benzene rings is 2. The topological polar surface area (TPSA) is 37.4 Å². The van der Waals surface area contributed by atoms with E-state index in [2.05, 4.69) is 0 Å². The predicted molar refractivity (Wildman–Crippen MR) is 76.4 cm³/mol. The van der Waals surface area contributed by atoms with Gasteiger partial charge in [-0.1, -0.05) is 30.3 Å². The number of fused-ring (bicyclic) bond motifs is 1. The van der Waals surface area contributed by atoms with E-state index in [0.717, 1.165) is 5.56 Å². The third kappa shape index (κ3) is 2.46. The largest absolute Gasteiger partial charge is 0.274 e. The van der Waals surface area contributed by atoms with Gasteiger partial charge in [0, 0.05) is 6.54 Å². The van der Waals surface area contributed by atoms with Gasteiger partial charge in [0.15, 0.2) is 23.3 Å². The molecule has 2 aromatic carbocycles. The molecule has 0 fully saturated rings. The molecule has 0 radical (unpaired) electrons. The number of rotatable bonds is 4. The number of carbonyl (C=O) groups is 2. The summed E-state index contributed by atoms with van der Waals surface area (Å²) in [5, 5.41) is 0. The number of nitrogens with zero attached hydrogens (tertiary/aromatic N) is 1. The van der Waals surface area contributed by atoms with Crippen LogP contribution >= 0.6 is 0 Å². The average molecular weight is 337 g/mol. The third-order valence-electron chi connectivity index (χ3n) is 3.88. The second kappa shape index (κ2) is 6.07. The Morgan fingerprint density at radius 1 is 0.750 bits per heavy atom. The van der Waals surface area contributed by atoms with Crippen molar-refractivity contribution in [3.8, 4) is 0 Å². The Kier molecular flexibility index (Phi) is 4.09. The van der Waals surface area contributed by atoms with E-state index < -0.39 is 46.2 Å². The van der Waals surface area contributed by atoms with Crippen molar-refractivity contribution in [1.82, 2.24) is 4.90 Å². The molecule has 3 nitrogen and oxygen atoms in total. The van der Waals surface area contributed by atoms with Crippen LogP contribution < -0.4 is 0 Å². The summed E-state index contributed by atoms with van der Waals surface area (Å²) in [6, 6.07) is 9.20. The molecule has 1 aliphatic heterocycles. The zero-order valence-corrected chi connectivity index (χ0v) is 12.3. The molecule has 0 spiro atoms. The molecule has 3 rings (SSSR count). The van der Waals surface area contributed by atoms with E-state index in [-0.39, 0.29) is 6.54 Å². The molecule has 24 heavy (non-hydrogen) atoms. The first-order valence-electron chi connectivity index (χ1n) is 7.19. The van der Waals surface area contributed by atoms with Gasteiger partial charge in [0.2, 0.25) is 0 Å². The second-order valence-corrected chi connectivity index (χ2v) is 5.36. The van der Waals surface area contributed by atoms with Crippen molar-refractivity contribution < 1.29 is 27.2 Å². The van der Waals surface area contributed by atoms with E-state index in [0.29, 0.717) is 17.7 Å². The fourth-order valence-corrected chi connectivity index (χ4v) is 2.68. The number of aryl methyl sites for hydroxylation is 1. The molecule has 1 aliphatic rings. The Balaban J connectivity index is 1.83. The van der Waals surface area contributed by atoms with Crippen molar-refractivity contribution >= 4 is 11.8 Å². The van der Waals surface area contributed by atoms with Crippen LogP contribution in [0.15, 0.2) is 30.3 Å². The van der Waals surface area contributed by atoms with Gasteiger partial charge in [-0.2, -0.15) is 0 Å². The number of hydrogen-bond donors (Lipinski definition) is 0. The highest BCUT2D eigenvalue weighted by Crippen LogP contribution is 2.31. The van der Waals surface area contributed by atoms with Gasteiger partial charge < -0.3 is 0 Å². The minimum absolute atomic E-state index is 0.108. The molecule has 1 heterocycles. The quantitative estimate of drug-likeness (QED) is 0.371. The summed E-state index contributed by atoms with van der Waals surface area (Å²) in [6.07, 6.45) is 0.881. The molecule has 0 saturated carbocycles. The highest BCUT2D eigenvalue weighted by atomic mass is 19.2. The van der Waals surface area contributed by atoms with Gasteiger partial charge in [0.05, 0.1) is 11.1 Å². The van der Waals surface area contributed by atoms with Gasteiger partial charge in [-0.25, -0.2) is 17.6 Å². The lowest BCUT2D eigenvalue weighted by atomic mass is 10.1. The minimum atomic E-state index is -2.10. The van der Waals surface area contributed by atoms with Crippen LogP contribution in [0.5, 0.6) is 0 Å². The summed E-state index contributed by atoms with van der Waals surface area (Å²) in [5.74, 6) is -10.2. The van der Waals surface area contributed by atoms with E-state index in [1.807, 2.05) is 30.3 Å². The van der Waals surface area contributed by atoms with Gasteiger partial charge in [-0.15, -0.1) is 0 Å². The molecular weight excluding hydrogens is 326 g/mol. The van der Waals surface area contributed by atoms with Crippen molar-refractivity contribution in [2.75, 3.05) is 6.54 Å². The fraction of sp³-hybridized carbons (Fsp3) is 0.176. The van der Waals surface area contributed by atoms with Gasteiger partial charge in [0.1, 0.15) is 0 Å². The fourth-order valence-electron chi connectivity index (χ4n) is 2.68. The van der Waals surface area contributed by atoms with Crippen molar-refractivity contribution in [1.29, 1.82) is 0 Å². The molecule has 0 saturated heterocycles. The van der Waals surface area contributed by atoms with Crippen molar-refractivity contribution in [2.24, 2.45) is 0 Å². The molecule has 0 aliphatic carbocycles. The van der Waals surface area contributed by atoms with Crippen molar-refractivity contribution in [3.63, 3.8) is 0 Å². The molecule has 0 atom stereocenters. The molecule has 0 N–H and O–H groups in total. The highest BCUT2D eigenvalue weighted by molar-refractivity contribution is 6.21. The molecule has 0 aromatic heterocycles. The summed E-state index contributed by atoms with van der Waals surface area (Å²) in [5.41, 5.74) is -1.13. The third-order valence-corrected chi connectivity index (χ3v) is 3.88. The zero-order valence-electron chi connectivity index (χ0n) is 12.3. The molecule has 124 valence electrons. The highest BCUT2D eigenvalue weighted by Gasteiger charge is 2.43. The summed E-state index contributed by atoms with van der Waals surface area (Å²) in [6.45, 7) is -0.108. The second-order valence-electron chi connectivity index (χ2n) is 5.36. The molecule has 2 amide bonds. The van der Waals surface area contributed by atoms with Gasteiger partial charge in [-0.05, 0) is 18.4 Å². The SMILES string of the molecule is O=C1c2c(F)c(F)c(F)c(F)c2C(=O)N1CCCc1ccccc1. The Morgan fingerprint density at radius 3 is 1.75 bits per heavy atom. The van der Waals surface area contributed by atoms with Crippen molar-refractivity contribution in [2.45, 2.75) is 12.8 Å². The van der Waals surface area contributed by atoms with Crippen LogP contribution in [0.3, 0.4) is 0 Å². The number of amides is 2. The Hall–Kier alpha value is -2.70. The lowest BCUT2D eigenvalue weighted by molar-refractivity contribution is 0.0650. The summed E-state index contributed by atoms with van der Waals surface area (Å²) in [7, 11) is 0. The Labute approximate surface area is 134 Å². The number of hydrogen-bond acceptors (Lipinski definition) is 2. The molecular formula is C17H11F4NO2. The van der Waals surface area contributed by atoms with Crippen LogP contribution in [0.1, 0.15) is 32.7 Å². The zero-order chi connectivity index (χ0) is 17.4. The number of halogens is 4. The Morgan fingerprint density at radius 2 is 1.25 bits per heavy atom. The minimum Gasteiger partial charge on any atom is -0.274 e. The number of imide groups is 1. The smallest absolute Gasteiger partial charge is 0.264 e. The summed E-state index contributed by atoms with van der Waals surface area (Å²) >= 11 is 0. The Bertz CT molecular complexity index is 789.